The Labute approximate surface area is 415 Å². The van der Waals surface area contributed by atoms with Gasteiger partial charge in [0.15, 0.2) is 12.4 Å². The van der Waals surface area contributed by atoms with E-state index in [9.17, 15) is 48.3 Å². The number of nitrogens with one attached hydrogen (secondary N) is 3. The Kier molecular flexibility index (Phi) is 20.8. The number of Topliss-reactive ketones (excluding diaryl/α,β-unsaturated/α-hetero) is 1. The van der Waals surface area contributed by atoms with Crippen molar-refractivity contribution in [1.82, 2.24) is 21.0 Å². The van der Waals surface area contributed by atoms with Crippen molar-refractivity contribution >= 4 is 53.8 Å². The number of carbonyl (C=O) groups is 9. The highest BCUT2D eigenvalue weighted by molar-refractivity contribution is 6.01. The summed E-state index contributed by atoms with van der Waals surface area (Å²) in [6.07, 6.45) is 2.57. The molecule has 0 spiro atoms. The number of furan rings is 1. The second-order valence-electron chi connectivity index (χ2n) is 16.4. The molecule has 0 aliphatic rings. The van der Waals surface area contributed by atoms with Crippen molar-refractivity contribution in [1.29, 1.82) is 0 Å². The molecule has 1 aromatic heterocycles. The quantitative estimate of drug-likeness (QED) is 0.0135. The Morgan fingerprint density at radius 3 is 2.07 bits per heavy atom. The fourth-order valence-electron chi connectivity index (χ4n) is 7.34. The van der Waals surface area contributed by atoms with Gasteiger partial charge in [0, 0.05) is 12.0 Å². The van der Waals surface area contributed by atoms with E-state index in [2.05, 4.69) is 16.0 Å². The number of carboxylic acid groups (broad SMARTS) is 1. The number of hydroxylamine groups is 2. The van der Waals surface area contributed by atoms with E-state index in [1.807, 2.05) is 13.0 Å². The number of carbonyl (C=O) groups excluding carboxylic acids is 8. The predicted octanol–water partition coefficient (Wildman–Crippen LogP) is 6.60. The van der Waals surface area contributed by atoms with Gasteiger partial charge in [0.25, 0.3) is 11.8 Å². The van der Waals surface area contributed by atoms with Gasteiger partial charge in [-0.2, -0.15) is 5.06 Å². The second kappa shape index (κ2) is 27.5. The van der Waals surface area contributed by atoms with Crippen molar-refractivity contribution < 1.29 is 71.7 Å². The van der Waals surface area contributed by atoms with Crippen LogP contribution in [0.1, 0.15) is 112 Å². The van der Waals surface area contributed by atoms with Gasteiger partial charge in [-0.05, 0) is 73.4 Å². The maximum absolute atomic E-state index is 13.8. The lowest BCUT2D eigenvalue weighted by molar-refractivity contribution is -0.171. The second-order valence-corrected chi connectivity index (χ2v) is 16.4. The highest BCUT2D eigenvalue weighted by atomic mass is 16.7. The van der Waals surface area contributed by atoms with Crippen LogP contribution in [-0.2, 0) is 51.5 Å². The van der Waals surface area contributed by atoms with Gasteiger partial charge in [0.2, 0.25) is 12.3 Å². The molecule has 1 heterocycles. The molecule has 0 fully saturated rings. The molecular weight excluding hydrogens is 933 g/mol. The van der Waals surface area contributed by atoms with Gasteiger partial charge < -0.3 is 44.5 Å². The molecule has 5 rings (SSSR count). The predicted molar refractivity (Wildman–Crippen MR) is 258 cm³/mol. The van der Waals surface area contributed by atoms with E-state index in [4.69, 9.17) is 23.5 Å². The smallest absolute Gasteiger partial charge is 0.363 e. The molecule has 4 amide bonds. The first kappa shape index (κ1) is 54.3. The number of hydrogen-bond acceptors (Lipinski definition) is 14. The van der Waals surface area contributed by atoms with Crippen molar-refractivity contribution in [2.45, 2.75) is 84.6 Å². The lowest BCUT2D eigenvalue weighted by Gasteiger charge is -2.31. The van der Waals surface area contributed by atoms with Crippen LogP contribution in [0.5, 0.6) is 5.75 Å². The number of carboxylic acids is 1. The van der Waals surface area contributed by atoms with E-state index >= 15 is 0 Å². The molecule has 0 aliphatic heterocycles. The van der Waals surface area contributed by atoms with E-state index in [1.54, 1.807) is 61.5 Å². The van der Waals surface area contributed by atoms with Crippen LogP contribution in [0.25, 0.3) is 11.3 Å². The SMILES string of the molecule is CCCCC[C@@H](C(=O)NCNC(=O)c1ccc(-c2ccc(C(=O)N[C@@H](CC(C)=O)C(=O)OCc3ccccc3)c(OCC(=O)OCc3ccccc3)c2)o1)[C@@H](CC)N(C=O)OC(=O)c1cccc(C(=O)O)c1. The summed E-state index contributed by atoms with van der Waals surface area (Å²) in [6, 6.07) is 27.6. The molecular formula is C53H56N4O15. The first-order valence-electron chi connectivity index (χ1n) is 23.1. The van der Waals surface area contributed by atoms with Gasteiger partial charge in [0.05, 0.1) is 35.3 Å². The molecule has 0 aliphatic carbocycles. The standard InChI is InChI=1S/C53H56N4O15/c1-4-6-9-21-40(43(5-2)57(33-58)72-52(66)39-20-14-19-38(27-39)51(64)65)48(61)54-32-55-50(63)45-25-24-44(71-45)37-22-23-41(46(28-37)68-31-47(60)69-29-35-15-10-7-11-16-35)49(62)56-42(26-34(3)59)53(67)70-30-36-17-12-8-13-18-36/h7-8,10-20,22-25,27-28,33,40,42-43H,4-6,9,21,26,29-32H2,1-3H3,(H,54,61)(H,55,63)(H,56,62)(H,64,65)/t40-,42+,43-/m1/s1. The lowest BCUT2D eigenvalue weighted by Crippen LogP contribution is -2.49. The zero-order valence-corrected chi connectivity index (χ0v) is 40.0. The Hall–Kier alpha value is -8.61. The van der Waals surface area contributed by atoms with Gasteiger partial charge in [0.1, 0.15) is 36.5 Å². The Morgan fingerprint density at radius 1 is 0.750 bits per heavy atom. The summed E-state index contributed by atoms with van der Waals surface area (Å²) in [5.41, 5.74) is 1.31. The molecule has 3 atom stereocenters. The lowest BCUT2D eigenvalue weighted by atomic mass is 9.90. The number of ketones is 1. The minimum Gasteiger partial charge on any atom is -0.481 e. The van der Waals surface area contributed by atoms with Crippen LogP contribution in [0.4, 0.5) is 0 Å². The van der Waals surface area contributed by atoms with E-state index in [0.717, 1.165) is 29.5 Å². The van der Waals surface area contributed by atoms with E-state index < -0.39 is 72.0 Å². The third-order valence-electron chi connectivity index (χ3n) is 11.0. The summed E-state index contributed by atoms with van der Waals surface area (Å²) in [7, 11) is 0. The maximum atomic E-state index is 13.8. The summed E-state index contributed by atoms with van der Waals surface area (Å²) < 4.78 is 22.5. The van der Waals surface area contributed by atoms with E-state index in [0.29, 0.717) is 24.0 Å². The number of unbranched alkanes of at least 4 members (excludes halogenated alkanes) is 2. The summed E-state index contributed by atoms with van der Waals surface area (Å²) in [4.78, 5) is 121. The summed E-state index contributed by atoms with van der Waals surface area (Å²) in [5, 5.41) is 17.9. The number of hydrogen-bond donors (Lipinski definition) is 4. The fourth-order valence-corrected chi connectivity index (χ4v) is 7.34. The first-order chi connectivity index (χ1) is 34.7. The molecule has 0 saturated heterocycles. The molecule has 5 aromatic rings. The van der Waals surface area contributed by atoms with Crippen molar-refractivity contribution in [3.63, 3.8) is 0 Å². The van der Waals surface area contributed by atoms with Crippen LogP contribution in [0, 0.1) is 5.92 Å². The van der Waals surface area contributed by atoms with Crippen LogP contribution in [0.3, 0.4) is 0 Å². The van der Waals surface area contributed by atoms with Crippen molar-refractivity contribution in [2.75, 3.05) is 13.3 Å². The molecule has 72 heavy (non-hydrogen) atoms. The number of amides is 4. The van der Waals surface area contributed by atoms with Gasteiger partial charge in [-0.1, -0.05) is 106 Å². The van der Waals surface area contributed by atoms with Crippen LogP contribution in [0.15, 0.2) is 120 Å². The average molecular weight is 989 g/mol. The number of rotatable bonds is 28. The fraction of sp³-hybridized carbons (Fsp3) is 0.302. The zero-order valence-electron chi connectivity index (χ0n) is 40.0. The van der Waals surface area contributed by atoms with Crippen LogP contribution in [-0.4, -0.2) is 89.3 Å². The molecule has 19 heteroatoms. The number of benzene rings is 4. The highest BCUT2D eigenvalue weighted by Gasteiger charge is 2.34. The summed E-state index contributed by atoms with van der Waals surface area (Å²) >= 11 is 0. The number of nitrogens with zero attached hydrogens (tertiary/aromatic N) is 1. The normalized spacial score (nSPS) is 11.9. The van der Waals surface area contributed by atoms with Crippen LogP contribution >= 0.6 is 0 Å². The first-order valence-corrected chi connectivity index (χ1v) is 23.1. The Morgan fingerprint density at radius 2 is 1.43 bits per heavy atom. The third kappa shape index (κ3) is 16.2. The van der Waals surface area contributed by atoms with Crippen LogP contribution in [0.2, 0.25) is 0 Å². The van der Waals surface area contributed by atoms with Crippen molar-refractivity contribution in [3.8, 4) is 17.1 Å². The maximum Gasteiger partial charge on any atom is 0.363 e. The molecule has 0 radical (unpaired) electrons. The largest absolute Gasteiger partial charge is 0.481 e. The average Bonchev–Trinajstić information content (AvgIpc) is 3.89. The minimum absolute atomic E-state index is 0.0432. The molecule has 0 bridgehead atoms. The molecule has 4 N–H and O–H groups in total. The minimum atomic E-state index is -1.37. The highest BCUT2D eigenvalue weighted by Crippen LogP contribution is 2.30. The number of ether oxygens (including phenoxy) is 3. The molecule has 0 saturated carbocycles. The van der Waals surface area contributed by atoms with Crippen molar-refractivity contribution in [2.24, 2.45) is 5.92 Å². The van der Waals surface area contributed by atoms with Crippen LogP contribution < -0.4 is 20.7 Å². The Bertz CT molecular complexity index is 2690. The van der Waals surface area contributed by atoms with E-state index in [-0.39, 0.29) is 73.1 Å². The topological polar surface area (TPSA) is 263 Å². The van der Waals surface area contributed by atoms with E-state index in [1.165, 1.54) is 55.5 Å². The van der Waals surface area contributed by atoms with Gasteiger partial charge >= 0.3 is 23.9 Å². The molecule has 19 nitrogen and oxygen atoms in total. The third-order valence-corrected chi connectivity index (χ3v) is 11.0. The zero-order chi connectivity index (χ0) is 52.0. The van der Waals surface area contributed by atoms with Gasteiger partial charge in [-0.3, -0.25) is 24.0 Å². The number of esters is 2. The monoisotopic (exact) mass is 988 g/mol. The van der Waals surface area contributed by atoms with Gasteiger partial charge in [-0.25, -0.2) is 19.2 Å². The molecule has 0 unspecified atom stereocenters. The summed E-state index contributed by atoms with van der Waals surface area (Å²) in [5.74, 6) is -7.46. The van der Waals surface area contributed by atoms with Crippen molar-refractivity contribution in [3.05, 3.63) is 149 Å². The number of aromatic carboxylic acids is 1. The Balaban J connectivity index is 1.28. The molecule has 4 aromatic carbocycles. The molecule has 378 valence electrons. The summed E-state index contributed by atoms with van der Waals surface area (Å²) in [6.45, 7) is 3.79. The van der Waals surface area contributed by atoms with Gasteiger partial charge in [-0.15, -0.1) is 0 Å².